The molecule has 0 aliphatic heterocycles. The average Bonchev–Trinajstić information content (AvgIpc) is 2.55. The standard InChI is InChI=1S/C21H33NO2/c1-4-5-14-21(15-10-9-13-19(21)17-22(2)3)24-20(23)16-18-11-7-6-8-12-18/h6-8,11-12,19H,4-5,9-10,13-17H2,1-3H3. The third-order valence-corrected chi connectivity index (χ3v) is 5.19. The molecule has 24 heavy (non-hydrogen) atoms. The van der Waals surface area contributed by atoms with Gasteiger partial charge in [0.2, 0.25) is 0 Å². The molecule has 0 bridgehead atoms. The zero-order valence-corrected chi connectivity index (χ0v) is 15.6. The number of carbonyl (C=O) groups excluding carboxylic acids is 1. The Morgan fingerprint density at radius 1 is 1.25 bits per heavy atom. The van der Waals surface area contributed by atoms with Crippen LogP contribution in [0, 0.1) is 5.92 Å². The second-order valence-electron chi connectivity index (χ2n) is 7.51. The topological polar surface area (TPSA) is 29.5 Å². The predicted octanol–water partition coefficient (Wildman–Crippen LogP) is 4.45. The molecule has 2 rings (SSSR count). The van der Waals surface area contributed by atoms with Crippen LogP contribution in [0.2, 0.25) is 0 Å². The Morgan fingerprint density at radius 2 is 2.00 bits per heavy atom. The van der Waals surface area contributed by atoms with Crippen molar-refractivity contribution < 1.29 is 9.53 Å². The molecular formula is C21H33NO2. The Hall–Kier alpha value is -1.35. The summed E-state index contributed by atoms with van der Waals surface area (Å²) in [4.78, 5) is 14.9. The molecule has 1 aliphatic rings. The van der Waals surface area contributed by atoms with E-state index in [1.165, 1.54) is 19.3 Å². The molecule has 1 aliphatic carbocycles. The minimum absolute atomic E-state index is 0.0667. The van der Waals surface area contributed by atoms with Crippen LogP contribution in [0.3, 0.4) is 0 Å². The molecule has 2 atom stereocenters. The van der Waals surface area contributed by atoms with E-state index in [1.807, 2.05) is 30.3 Å². The number of ether oxygens (including phenoxy) is 1. The van der Waals surface area contributed by atoms with E-state index in [1.54, 1.807) is 0 Å². The Bertz CT molecular complexity index is 500. The maximum Gasteiger partial charge on any atom is 0.310 e. The quantitative estimate of drug-likeness (QED) is 0.659. The summed E-state index contributed by atoms with van der Waals surface area (Å²) in [5.74, 6) is 0.385. The van der Waals surface area contributed by atoms with Gasteiger partial charge in [0.1, 0.15) is 5.60 Å². The molecule has 3 nitrogen and oxygen atoms in total. The first kappa shape index (κ1) is 19.0. The van der Waals surface area contributed by atoms with E-state index in [2.05, 4.69) is 25.9 Å². The van der Waals surface area contributed by atoms with Crippen molar-refractivity contribution in [3.8, 4) is 0 Å². The Kier molecular flexibility index (Phi) is 7.29. The molecule has 0 saturated heterocycles. The minimum Gasteiger partial charge on any atom is -0.458 e. The summed E-state index contributed by atoms with van der Waals surface area (Å²) in [6, 6.07) is 9.93. The normalized spacial score (nSPS) is 24.1. The van der Waals surface area contributed by atoms with Gasteiger partial charge in [-0.15, -0.1) is 0 Å². The van der Waals surface area contributed by atoms with Crippen molar-refractivity contribution in [1.29, 1.82) is 0 Å². The number of nitrogens with zero attached hydrogens (tertiary/aromatic N) is 1. The minimum atomic E-state index is -0.260. The summed E-state index contributed by atoms with van der Waals surface area (Å²) in [5, 5.41) is 0. The van der Waals surface area contributed by atoms with E-state index >= 15 is 0 Å². The lowest BCUT2D eigenvalue weighted by Crippen LogP contribution is -2.48. The molecule has 1 fully saturated rings. The van der Waals surface area contributed by atoms with Crippen molar-refractivity contribution >= 4 is 5.97 Å². The summed E-state index contributed by atoms with van der Waals surface area (Å²) in [6.45, 7) is 3.21. The van der Waals surface area contributed by atoms with Gasteiger partial charge in [-0.2, -0.15) is 0 Å². The summed E-state index contributed by atoms with van der Waals surface area (Å²) < 4.78 is 6.23. The van der Waals surface area contributed by atoms with E-state index in [0.29, 0.717) is 12.3 Å². The third kappa shape index (κ3) is 5.34. The fourth-order valence-corrected chi connectivity index (χ4v) is 4.00. The predicted molar refractivity (Wildman–Crippen MR) is 99.0 cm³/mol. The van der Waals surface area contributed by atoms with Gasteiger partial charge < -0.3 is 9.64 Å². The van der Waals surface area contributed by atoms with Gasteiger partial charge in [0, 0.05) is 12.5 Å². The molecule has 1 aromatic carbocycles. The van der Waals surface area contributed by atoms with E-state index in [0.717, 1.165) is 37.8 Å². The zero-order valence-electron chi connectivity index (χ0n) is 15.6. The summed E-state index contributed by atoms with van der Waals surface area (Å²) in [5.41, 5.74) is 0.776. The molecule has 0 aromatic heterocycles. The van der Waals surface area contributed by atoms with E-state index < -0.39 is 0 Å². The zero-order chi connectivity index (χ0) is 17.4. The number of benzene rings is 1. The lowest BCUT2D eigenvalue weighted by Gasteiger charge is -2.44. The largest absolute Gasteiger partial charge is 0.458 e. The van der Waals surface area contributed by atoms with Crippen molar-refractivity contribution in [2.24, 2.45) is 5.92 Å². The molecule has 0 amide bonds. The van der Waals surface area contributed by atoms with Crippen molar-refractivity contribution in [2.75, 3.05) is 20.6 Å². The summed E-state index contributed by atoms with van der Waals surface area (Å²) in [7, 11) is 4.23. The highest BCUT2D eigenvalue weighted by molar-refractivity contribution is 5.73. The first-order valence-electron chi connectivity index (χ1n) is 9.46. The Balaban J connectivity index is 2.11. The fraction of sp³-hybridized carbons (Fsp3) is 0.667. The average molecular weight is 332 g/mol. The molecule has 1 aromatic rings. The maximum atomic E-state index is 12.6. The molecule has 1 saturated carbocycles. The smallest absolute Gasteiger partial charge is 0.310 e. The molecule has 0 spiro atoms. The SMILES string of the molecule is CCCCC1(OC(=O)Cc2ccccc2)CCCCC1CN(C)C. The highest BCUT2D eigenvalue weighted by Gasteiger charge is 2.43. The number of rotatable bonds is 8. The van der Waals surface area contributed by atoms with Crippen LogP contribution in [-0.4, -0.2) is 37.1 Å². The molecule has 0 heterocycles. The van der Waals surface area contributed by atoms with Gasteiger partial charge in [-0.3, -0.25) is 4.79 Å². The first-order valence-corrected chi connectivity index (χ1v) is 9.46. The number of esters is 1. The lowest BCUT2D eigenvalue weighted by atomic mass is 9.72. The third-order valence-electron chi connectivity index (χ3n) is 5.19. The maximum absolute atomic E-state index is 12.6. The van der Waals surface area contributed by atoms with Gasteiger partial charge in [-0.05, 0) is 51.8 Å². The fourth-order valence-electron chi connectivity index (χ4n) is 4.00. The number of carbonyl (C=O) groups is 1. The van der Waals surface area contributed by atoms with Gasteiger partial charge >= 0.3 is 5.97 Å². The van der Waals surface area contributed by atoms with Crippen LogP contribution in [0.1, 0.15) is 57.4 Å². The van der Waals surface area contributed by atoms with Crippen molar-refractivity contribution in [3.05, 3.63) is 35.9 Å². The van der Waals surface area contributed by atoms with Gasteiger partial charge in [-0.1, -0.05) is 50.1 Å². The number of hydrogen-bond acceptors (Lipinski definition) is 3. The molecular weight excluding hydrogens is 298 g/mol. The Morgan fingerprint density at radius 3 is 2.67 bits per heavy atom. The molecule has 3 heteroatoms. The molecule has 2 unspecified atom stereocenters. The van der Waals surface area contributed by atoms with Gasteiger partial charge in [-0.25, -0.2) is 0 Å². The van der Waals surface area contributed by atoms with Crippen molar-refractivity contribution in [1.82, 2.24) is 4.90 Å². The van der Waals surface area contributed by atoms with Gasteiger partial charge in [0.25, 0.3) is 0 Å². The van der Waals surface area contributed by atoms with Crippen LogP contribution in [0.25, 0.3) is 0 Å². The van der Waals surface area contributed by atoms with Gasteiger partial charge in [0.05, 0.1) is 6.42 Å². The monoisotopic (exact) mass is 331 g/mol. The van der Waals surface area contributed by atoms with E-state index in [9.17, 15) is 4.79 Å². The van der Waals surface area contributed by atoms with Crippen LogP contribution in [0.15, 0.2) is 30.3 Å². The molecule has 134 valence electrons. The van der Waals surface area contributed by atoms with E-state index in [-0.39, 0.29) is 11.6 Å². The van der Waals surface area contributed by atoms with Crippen LogP contribution < -0.4 is 0 Å². The van der Waals surface area contributed by atoms with Gasteiger partial charge in [0.15, 0.2) is 0 Å². The Labute approximate surface area is 147 Å². The van der Waals surface area contributed by atoms with Crippen molar-refractivity contribution in [3.63, 3.8) is 0 Å². The second-order valence-corrected chi connectivity index (χ2v) is 7.51. The molecule has 0 N–H and O–H groups in total. The highest BCUT2D eigenvalue weighted by atomic mass is 16.6. The van der Waals surface area contributed by atoms with E-state index in [4.69, 9.17) is 4.74 Å². The highest BCUT2D eigenvalue weighted by Crippen LogP contribution is 2.41. The van der Waals surface area contributed by atoms with Crippen molar-refractivity contribution in [2.45, 2.75) is 63.9 Å². The summed E-state index contributed by atoms with van der Waals surface area (Å²) in [6.07, 6.45) is 8.27. The number of unbranched alkanes of at least 4 members (excludes halogenated alkanes) is 1. The van der Waals surface area contributed by atoms with Crippen LogP contribution in [0.4, 0.5) is 0 Å². The van der Waals surface area contributed by atoms with Crippen LogP contribution in [0.5, 0.6) is 0 Å². The second kappa shape index (κ2) is 9.22. The van der Waals surface area contributed by atoms with Crippen LogP contribution in [-0.2, 0) is 16.0 Å². The molecule has 0 radical (unpaired) electrons. The number of hydrogen-bond donors (Lipinski definition) is 0. The summed E-state index contributed by atoms with van der Waals surface area (Å²) >= 11 is 0. The first-order chi connectivity index (χ1) is 11.6. The lowest BCUT2D eigenvalue weighted by molar-refractivity contribution is -0.172. The van der Waals surface area contributed by atoms with Crippen LogP contribution >= 0.6 is 0 Å².